The molecule has 0 radical (unpaired) electrons. The number of amides is 6. The van der Waals surface area contributed by atoms with E-state index in [4.69, 9.17) is 9.47 Å². The van der Waals surface area contributed by atoms with E-state index in [-0.39, 0.29) is 55.6 Å². The molecule has 6 aliphatic rings. The third-order valence-corrected chi connectivity index (χ3v) is 13.7. The molecule has 0 aromatic heterocycles. The summed E-state index contributed by atoms with van der Waals surface area (Å²) in [5.74, 6) is -1.13. The van der Waals surface area contributed by atoms with Gasteiger partial charge in [-0.2, -0.15) is 0 Å². The second-order valence-corrected chi connectivity index (χ2v) is 17.6. The Morgan fingerprint density at radius 3 is 2.02 bits per heavy atom. The van der Waals surface area contributed by atoms with Crippen molar-refractivity contribution in [1.82, 2.24) is 19.6 Å². The summed E-state index contributed by atoms with van der Waals surface area (Å²) in [6.07, 6.45) is 2.04. The first-order valence-corrected chi connectivity index (χ1v) is 21.5. The van der Waals surface area contributed by atoms with Gasteiger partial charge in [0.2, 0.25) is 11.8 Å². The van der Waals surface area contributed by atoms with Crippen LogP contribution >= 0.6 is 0 Å². The smallest absolute Gasteiger partial charge is 0.417 e. The number of nitrogens with zero attached hydrogens (tertiary/aromatic N) is 4. The van der Waals surface area contributed by atoms with Crippen LogP contribution in [0.5, 0.6) is 0 Å². The van der Waals surface area contributed by atoms with E-state index >= 15 is 0 Å². The van der Waals surface area contributed by atoms with Gasteiger partial charge in [0, 0.05) is 19.0 Å². The van der Waals surface area contributed by atoms with Gasteiger partial charge >= 0.3 is 12.2 Å². The lowest BCUT2D eigenvalue weighted by atomic mass is 9.87. The highest BCUT2D eigenvalue weighted by Crippen LogP contribution is 2.51. The highest BCUT2D eigenvalue weighted by atomic mass is 16.6. The molecule has 4 aliphatic heterocycles. The van der Waals surface area contributed by atoms with Crippen LogP contribution in [0.3, 0.4) is 0 Å². The van der Waals surface area contributed by atoms with E-state index in [0.717, 1.165) is 47.1 Å². The molecule has 0 spiro atoms. The fourth-order valence-corrected chi connectivity index (χ4v) is 10.1. The van der Waals surface area contributed by atoms with Gasteiger partial charge < -0.3 is 19.3 Å². The molecule has 312 valence electrons. The molecule has 4 heterocycles. The zero-order chi connectivity index (χ0) is 41.9. The summed E-state index contributed by atoms with van der Waals surface area (Å²) in [7, 11) is 0. The lowest BCUT2D eigenvalue weighted by Crippen LogP contribution is -2.52. The first-order valence-electron chi connectivity index (χ1n) is 21.5. The van der Waals surface area contributed by atoms with Gasteiger partial charge in [0.05, 0.1) is 24.9 Å². The number of imide groups is 2. The molecule has 4 fully saturated rings. The van der Waals surface area contributed by atoms with E-state index in [2.05, 4.69) is 0 Å². The van der Waals surface area contributed by atoms with Crippen molar-refractivity contribution in [1.29, 1.82) is 0 Å². The molecule has 7 atom stereocenters. The Labute approximate surface area is 354 Å². The van der Waals surface area contributed by atoms with Crippen molar-refractivity contribution < 1.29 is 38.2 Å². The molecule has 2 saturated carbocycles. The van der Waals surface area contributed by atoms with Gasteiger partial charge in [-0.15, -0.1) is 0 Å². The van der Waals surface area contributed by atoms with Crippen LogP contribution in [0.1, 0.15) is 89.0 Å². The molecule has 0 N–H and O–H groups in total. The topological polar surface area (TPSA) is 134 Å². The largest absolute Gasteiger partial charge is 0.447 e. The van der Waals surface area contributed by atoms with Crippen LogP contribution in [-0.4, -0.2) is 93.8 Å². The monoisotopic (exact) mass is 820 g/mol. The maximum atomic E-state index is 14.8. The SMILES string of the molecule is C[C@@H](c1ccccc1)[C@H]1COC(=O)N1C(=O)[C@@H]1c2ccccc2CC(=O)N1CC1CC1c1ccc2c(c1)[C@H](C(=O)N1C(=O)OC[C@@H]1Cc1ccccc1)N(CC1CC1)C(=O)C2. The summed E-state index contributed by atoms with van der Waals surface area (Å²) in [6.45, 7) is 2.86. The van der Waals surface area contributed by atoms with E-state index in [9.17, 15) is 28.8 Å². The molecule has 12 heteroatoms. The predicted molar refractivity (Wildman–Crippen MR) is 222 cm³/mol. The first-order chi connectivity index (χ1) is 29.6. The molecule has 10 rings (SSSR count). The molecule has 2 saturated heterocycles. The third-order valence-electron chi connectivity index (χ3n) is 13.7. The number of fused-ring (bicyclic) bond motifs is 2. The number of benzene rings is 4. The van der Waals surface area contributed by atoms with Crippen molar-refractivity contribution in [2.75, 3.05) is 26.3 Å². The van der Waals surface area contributed by atoms with Crippen LogP contribution in [0.15, 0.2) is 103 Å². The Morgan fingerprint density at radius 1 is 0.672 bits per heavy atom. The lowest BCUT2D eigenvalue weighted by molar-refractivity contribution is -0.146. The molecule has 0 bridgehead atoms. The third kappa shape index (κ3) is 7.25. The number of hydrogen-bond donors (Lipinski definition) is 0. The highest BCUT2D eigenvalue weighted by molar-refractivity contribution is 6.01. The number of cyclic esters (lactones) is 2. The van der Waals surface area contributed by atoms with Gasteiger partial charge in [-0.3, -0.25) is 19.2 Å². The van der Waals surface area contributed by atoms with Crippen LogP contribution in [0.25, 0.3) is 0 Å². The van der Waals surface area contributed by atoms with Crippen molar-refractivity contribution in [3.63, 3.8) is 0 Å². The van der Waals surface area contributed by atoms with Gasteiger partial charge in [0.1, 0.15) is 25.3 Å². The van der Waals surface area contributed by atoms with Crippen molar-refractivity contribution in [2.24, 2.45) is 11.8 Å². The van der Waals surface area contributed by atoms with Crippen LogP contribution in [0.4, 0.5) is 9.59 Å². The normalized spacial score (nSPS) is 26.1. The zero-order valence-corrected chi connectivity index (χ0v) is 34.1. The second kappa shape index (κ2) is 15.6. The maximum absolute atomic E-state index is 14.8. The Bertz CT molecular complexity index is 2420. The van der Waals surface area contributed by atoms with Crippen LogP contribution in [0.2, 0.25) is 0 Å². The fourth-order valence-electron chi connectivity index (χ4n) is 10.1. The molecule has 61 heavy (non-hydrogen) atoms. The molecule has 2 unspecified atom stereocenters. The van der Waals surface area contributed by atoms with E-state index in [1.807, 2.05) is 110 Å². The van der Waals surface area contributed by atoms with Crippen LogP contribution in [-0.2, 0) is 47.9 Å². The number of ether oxygens (including phenoxy) is 2. The highest BCUT2D eigenvalue weighted by Gasteiger charge is 2.51. The van der Waals surface area contributed by atoms with E-state index in [0.29, 0.717) is 36.6 Å². The molecule has 4 aromatic carbocycles. The van der Waals surface area contributed by atoms with Gasteiger partial charge in [0.25, 0.3) is 11.8 Å². The van der Waals surface area contributed by atoms with E-state index in [1.165, 1.54) is 9.80 Å². The average Bonchev–Trinajstić information content (AvgIpc) is 4.18. The van der Waals surface area contributed by atoms with Gasteiger partial charge in [-0.1, -0.05) is 110 Å². The molecule has 6 amide bonds. The Kier molecular flexibility index (Phi) is 9.96. The predicted octanol–water partition coefficient (Wildman–Crippen LogP) is 6.49. The standard InChI is InChI=1S/C49H48N4O8/c1-29(32-12-6-3-7-13-32)41-28-61-49(59)53(41)47(57)44-38-15-9-8-14-33(38)23-43(55)51(44)26-36-22-39(36)34-18-19-35-24-42(54)50(25-31-16-17-31)45(40(35)21-34)46(56)52-37(27-60-48(52)58)20-30-10-4-2-5-11-30/h2-15,18-19,21,29,31,36-37,39,41,44-45H,16-17,20,22-28H2,1H3/t29-,36?,37-,39?,41+,44-,45+/m0/s1. The zero-order valence-electron chi connectivity index (χ0n) is 34.1. The minimum atomic E-state index is -1.01. The van der Waals surface area contributed by atoms with Crippen LogP contribution < -0.4 is 0 Å². The Hall–Kier alpha value is -6.30. The lowest BCUT2D eigenvalue weighted by Gasteiger charge is -2.39. The Balaban J connectivity index is 0.931. The maximum Gasteiger partial charge on any atom is 0.417 e. The molecular weight excluding hydrogens is 773 g/mol. The number of carbonyl (C=O) groups excluding carboxylic acids is 6. The summed E-state index contributed by atoms with van der Waals surface area (Å²) in [6, 6.07) is 29.7. The van der Waals surface area contributed by atoms with Crippen molar-refractivity contribution >= 4 is 35.8 Å². The van der Waals surface area contributed by atoms with E-state index in [1.54, 1.807) is 9.80 Å². The quantitative estimate of drug-likeness (QED) is 0.168. The van der Waals surface area contributed by atoms with Crippen molar-refractivity contribution in [2.45, 2.75) is 81.5 Å². The van der Waals surface area contributed by atoms with E-state index < -0.39 is 48.2 Å². The van der Waals surface area contributed by atoms with Crippen molar-refractivity contribution in [3.8, 4) is 0 Å². The number of hydrogen-bond acceptors (Lipinski definition) is 8. The second-order valence-electron chi connectivity index (χ2n) is 17.6. The minimum absolute atomic E-state index is 0.00196. The number of rotatable bonds is 11. The molecule has 12 nitrogen and oxygen atoms in total. The van der Waals surface area contributed by atoms with Crippen LogP contribution in [0, 0.1) is 11.8 Å². The Morgan fingerprint density at radius 2 is 1.28 bits per heavy atom. The summed E-state index contributed by atoms with van der Waals surface area (Å²) in [4.78, 5) is 90.0. The van der Waals surface area contributed by atoms with Gasteiger partial charge in [-0.25, -0.2) is 19.4 Å². The molecular formula is C49H48N4O8. The summed E-state index contributed by atoms with van der Waals surface area (Å²) < 4.78 is 11.0. The summed E-state index contributed by atoms with van der Waals surface area (Å²) in [5.41, 5.74) is 5.86. The fraction of sp³-hybridized carbons (Fsp3) is 0.388. The summed E-state index contributed by atoms with van der Waals surface area (Å²) >= 11 is 0. The van der Waals surface area contributed by atoms with Gasteiger partial charge in [-0.05, 0) is 82.4 Å². The number of carbonyl (C=O) groups is 6. The van der Waals surface area contributed by atoms with Crippen molar-refractivity contribution in [3.05, 3.63) is 142 Å². The average molecular weight is 821 g/mol. The molecule has 4 aromatic rings. The van der Waals surface area contributed by atoms with Gasteiger partial charge in [0.15, 0.2) is 0 Å². The molecule has 2 aliphatic carbocycles. The first kappa shape index (κ1) is 38.9. The summed E-state index contributed by atoms with van der Waals surface area (Å²) in [5, 5.41) is 0. The minimum Gasteiger partial charge on any atom is -0.447 e.